The summed E-state index contributed by atoms with van der Waals surface area (Å²) in [6, 6.07) is 18.4. The van der Waals surface area contributed by atoms with Crippen molar-refractivity contribution in [1.29, 1.82) is 0 Å². The van der Waals surface area contributed by atoms with Crippen molar-refractivity contribution in [2.24, 2.45) is 0 Å². The van der Waals surface area contributed by atoms with Crippen LogP contribution in [-0.4, -0.2) is 27.6 Å². The summed E-state index contributed by atoms with van der Waals surface area (Å²) in [6.45, 7) is 8.13. The first kappa shape index (κ1) is 18.9. The third-order valence-electron chi connectivity index (χ3n) is 5.30. The highest BCUT2D eigenvalue weighted by atomic mass is 16.2. The van der Waals surface area contributed by atoms with Crippen LogP contribution >= 0.6 is 0 Å². The van der Waals surface area contributed by atoms with Crippen LogP contribution in [-0.2, 0) is 11.2 Å². The first-order valence-electron chi connectivity index (χ1n) is 9.31. The molecule has 4 nitrogen and oxygen atoms in total. The number of aromatic nitrogens is 2. The van der Waals surface area contributed by atoms with Gasteiger partial charge in [0, 0.05) is 18.3 Å². The SMILES string of the molecule is Cc1ccc(C(C)N(C)C(=O)Cc2c(C)nn(-c3ccccc3)c2C)cc1. The maximum Gasteiger partial charge on any atom is 0.227 e. The van der Waals surface area contributed by atoms with Crippen molar-refractivity contribution in [3.8, 4) is 5.69 Å². The predicted octanol–water partition coefficient (Wildman–Crippen LogP) is 4.56. The second kappa shape index (κ2) is 7.78. The number of rotatable bonds is 5. The number of carbonyl (C=O) groups is 1. The van der Waals surface area contributed by atoms with Crippen LogP contribution < -0.4 is 0 Å². The number of amides is 1. The van der Waals surface area contributed by atoms with Crippen LogP contribution in [0.25, 0.3) is 5.69 Å². The number of hydrogen-bond donors (Lipinski definition) is 0. The molecule has 1 amide bonds. The Morgan fingerprint density at radius 1 is 1.04 bits per heavy atom. The van der Waals surface area contributed by atoms with Crippen LogP contribution in [0.1, 0.15) is 41.0 Å². The Balaban J connectivity index is 1.79. The Morgan fingerprint density at radius 3 is 2.30 bits per heavy atom. The summed E-state index contributed by atoms with van der Waals surface area (Å²) in [7, 11) is 1.87. The molecule has 0 saturated carbocycles. The van der Waals surface area contributed by atoms with Gasteiger partial charge in [0.2, 0.25) is 5.91 Å². The predicted molar refractivity (Wildman–Crippen MR) is 109 cm³/mol. The molecule has 0 N–H and O–H groups in total. The Kier molecular flexibility index (Phi) is 5.45. The molecule has 1 aromatic heterocycles. The van der Waals surface area contributed by atoms with E-state index in [0.29, 0.717) is 6.42 Å². The molecule has 0 fully saturated rings. The van der Waals surface area contributed by atoms with E-state index in [9.17, 15) is 4.79 Å². The third kappa shape index (κ3) is 3.95. The number of para-hydroxylation sites is 1. The fraction of sp³-hybridized carbons (Fsp3) is 0.304. The summed E-state index contributed by atoms with van der Waals surface area (Å²) in [4.78, 5) is 14.8. The molecule has 0 aliphatic heterocycles. The molecule has 140 valence electrons. The van der Waals surface area contributed by atoms with Crippen LogP contribution in [0, 0.1) is 20.8 Å². The molecular formula is C23H27N3O. The minimum absolute atomic E-state index is 0.0304. The molecule has 1 unspecified atom stereocenters. The first-order chi connectivity index (χ1) is 12.9. The van der Waals surface area contributed by atoms with Crippen molar-refractivity contribution >= 4 is 5.91 Å². The van der Waals surface area contributed by atoms with Crippen LogP contribution in [0.5, 0.6) is 0 Å². The highest BCUT2D eigenvalue weighted by Crippen LogP contribution is 2.23. The second-order valence-electron chi connectivity index (χ2n) is 7.16. The van der Waals surface area contributed by atoms with E-state index in [1.54, 1.807) is 0 Å². The normalized spacial score (nSPS) is 12.0. The molecule has 0 aliphatic carbocycles. The van der Waals surface area contributed by atoms with Crippen LogP contribution in [0.2, 0.25) is 0 Å². The lowest BCUT2D eigenvalue weighted by molar-refractivity contribution is -0.131. The minimum Gasteiger partial charge on any atom is -0.339 e. The lowest BCUT2D eigenvalue weighted by Crippen LogP contribution is -2.31. The van der Waals surface area contributed by atoms with Gasteiger partial charge in [-0.1, -0.05) is 48.0 Å². The number of carbonyl (C=O) groups excluding carboxylic acids is 1. The highest BCUT2D eigenvalue weighted by molar-refractivity contribution is 5.79. The summed E-state index contributed by atoms with van der Waals surface area (Å²) < 4.78 is 1.92. The molecule has 3 aromatic rings. The van der Waals surface area contributed by atoms with Crippen molar-refractivity contribution in [3.05, 3.63) is 82.7 Å². The molecule has 1 atom stereocenters. The topological polar surface area (TPSA) is 38.1 Å². The maximum atomic E-state index is 12.9. The number of hydrogen-bond acceptors (Lipinski definition) is 2. The van der Waals surface area contributed by atoms with E-state index in [1.807, 2.05) is 60.8 Å². The molecule has 1 heterocycles. The zero-order valence-corrected chi connectivity index (χ0v) is 16.7. The van der Waals surface area contributed by atoms with E-state index in [2.05, 4.69) is 43.2 Å². The fourth-order valence-corrected chi connectivity index (χ4v) is 3.31. The van der Waals surface area contributed by atoms with Crippen LogP contribution in [0.4, 0.5) is 0 Å². The summed E-state index contributed by atoms with van der Waals surface area (Å²) in [5.41, 5.74) is 6.30. The third-order valence-corrected chi connectivity index (χ3v) is 5.30. The Bertz CT molecular complexity index is 926. The molecule has 3 rings (SSSR count). The molecule has 0 bridgehead atoms. The summed E-state index contributed by atoms with van der Waals surface area (Å²) in [5, 5.41) is 4.65. The summed E-state index contributed by atoms with van der Waals surface area (Å²) in [6.07, 6.45) is 0.358. The van der Waals surface area contributed by atoms with Crippen LogP contribution in [0.15, 0.2) is 54.6 Å². The van der Waals surface area contributed by atoms with Crippen LogP contribution in [0.3, 0.4) is 0 Å². The molecule has 27 heavy (non-hydrogen) atoms. The maximum absolute atomic E-state index is 12.9. The van der Waals surface area contributed by atoms with Crippen molar-refractivity contribution < 1.29 is 4.79 Å². The van der Waals surface area contributed by atoms with Gasteiger partial charge < -0.3 is 4.90 Å². The molecular weight excluding hydrogens is 334 g/mol. The standard InChI is InChI=1S/C23H27N3O/c1-16-11-13-20(14-12-16)18(3)25(5)23(27)15-22-17(2)24-26(19(22)4)21-9-7-6-8-10-21/h6-14,18H,15H2,1-5H3. The van der Waals surface area contributed by atoms with E-state index in [4.69, 9.17) is 0 Å². The molecule has 0 saturated heterocycles. The minimum atomic E-state index is 0.0304. The Labute approximate surface area is 161 Å². The molecule has 4 heteroatoms. The number of likely N-dealkylation sites (N-methyl/N-ethyl adjacent to an activating group) is 1. The van der Waals surface area contributed by atoms with Crippen molar-refractivity contribution in [3.63, 3.8) is 0 Å². The van der Waals surface area contributed by atoms with Gasteiger partial charge in [-0.15, -0.1) is 0 Å². The fourth-order valence-electron chi connectivity index (χ4n) is 3.31. The summed E-state index contributed by atoms with van der Waals surface area (Å²) >= 11 is 0. The molecule has 0 aliphatic rings. The van der Waals surface area contributed by atoms with Gasteiger partial charge in [-0.25, -0.2) is 4.68 Å². The largest absolute Gasteiger partial charge is 0.339 e. The monoisotopic (exact) mass is 361 g/mol. The van der Waals surface area contributed by atoms with Gasteiger partial charge in [0.05, 0.1) is 23.8 Å². The zero-order chi connectivity index (χ0) is 19.6. The van der Waals surface area contributed by atoms with E-state index >= 15 is 0 Å². The first-order valence-corrected chi connectivity index (χ1v) is 9.31. The number of nitrogens with zero attached hydrogens (tertiary/aromatic N) is 3. The number of benzene rings is 2. The van der Waals surface area contributed by atoms with Gasteiger partial charge in [-0.2, -0.15) is 5.10 Å². The van der Waals surface area contributed by atoms with Gasteiger partial charge in [0.15, 0.2) is 0 Å². The lowest BCUT2D eigenvalue weighted by Gasteiger charge is -2.25. The van der Waals surface area contributed by atoms with E-state index in [1.165, 1.54) is 5.56 Å². The van der Waals surface area contributed by atoms with Crippen molar-refractivity contribution in [2.45, 2.75) is 40.2 Å². The van der Waals surface area contributed by atoms with Gasteiger partial charge in [0.25, 0.3) is 0 Å². The van der Waals surface area contributed by atoms with Gasteiger partial charge in [-0.05, 0) is 45.4 Å². The second-order valence-corrected chi connectivity index (χ2v) is 7.16. The number of aryl methyl sites for hydroxylation is 2. The quantitative estimate of drug-likeness (QED) is 0.668. The van der Waals surface area contributed by atoms with Crippen molar-refractivity contribution in [1.82, 2.24) is 14.7 Å². The zero-order valence-electron chi connectivity index (χ0n) is 16.7. The lowest BCUT2D eigenvalue weighted by atomic mass is 10.0. The van der Waals surface area contributed by atoms with E-state index in [-0.39, 0.29) is 11.9 Å². The van der Waals surface area contributed by atoms with E-state index < -0.39 is 0 Å². The highest BCUT2D eigenvalue weighted by Gasteiger charge is 2.21. The van der Waals surface area contributed by atoms with E-state index in [0.717, 1.165) is 28.2 Å². The van der Waals surface area contributed by atoms with Gasteiger partial charge in [0.1, 0.15) is 0 Å². The Hall–Kier alpha value is -2.88. The molecule has 0 spiro atoms. The molecule has 2 aromatic carbocycles. The van der Waals surface area contributed by atoms with Gasteiger partial charge >= 0.3 is 0 Å². The smallest absolute Gasteiger partial charge is 0.227 e. The summed E-state index contributed by atoms with van der Waals surface area (Å²) in [5.74, 6) is 0.0990. The average Bonchev–Trinajstić information content (AvgIpc) is 2.96. The van der Waals surface area contributed by atoms with Crippen molar-refractivity contribution in [2.75, 3.05) is 7.05 Å². The average molecular weight is 361 g/mol. The van der Waals surface area contributed by atoms with Gasteiger partial charge in [-0.3, -0.25) is 4.79 Å². The Morgan fingerprint density at radius 2 is 1.67 bits per heavy atom. The molecule has 0 radical (unpaired) electrons.